The van der Waals surface area contributed by atoms with Gasteiger partial charge < -0.3 is 0 Å². The smallest absolute Gasteiger partial charge is 0.138 e. The van der Waals surface area contributed by atoms with E-state index >= 15 is 0 Å². The van der Waals surface area contributed by atoms with Crippen molar-refractivity contribution in [3.63, 3.8) is 0 Å². The molecule has 0 amide bonds. The van der Waals surface area contributed by atoms with Crippen LogP contribution in [0.25, 0.3) is 0 Å². The van der Waals surface area contributed by atoms with Gasteiger partial charge in [0, 0.05) is 14.8 Å². The van der Waals surface area contributed by atoms with Crippen LogP contribution in [0.5, 0.6) is 0 Å². The molecule has 0 aliphatic rings. The SMILES string of the molecule is N#Cc1ccc(Sc2cccc(Cl)c2)c(F)c1. The molecule has 0 aromatic heterocycles. The number of nitrogens with zero attached hydrogens (tertiary/aromatic N) is 1. The molecule has 0 heterocycles. The molecule has 1 nitrogen and oxygen atoms in total. The molecule has 17 heavy (non-hydrogen) atoms. The highest BCUT2D eigenvalue weighted by Crippen LogP contribution is 2.31. The first-order chi connectivity index (χ1) is 8.19. The summed E-state index contributed by atoms with van der Waals surface area (Å²) in [7, 11) is 0. The Morgan fingerprint density at radius 1 is 1.18 bits per heavy atom. The summed E-state index contributed by atoms with van der Waals surface area (Å²) in [5.74, 6) is -0.394. The molecule has 2 aromatic carbocycles. The zero-order valence-electron chi connectivity index (χ0n) is 8.65. The lowest BCUT2D eigenvalue weighted by Crippen LogP contribution is -1.83. The van der Waals surface area contributed by atoms with Crippen molar-refractivity contribution in [3.8, 4) is 6.07 Å². The Bertz CT molecular complexity index is 592. The summed E-state index contributed by atoms with van der Waals surface area (Å²) in [4.78, 5) is 1.34. The second-order valence-corrected chi connectivity index (χ2v) is 4.87. The Morgan fingerprint density at radius 3 is 2.65 bits per heavy atom. The Morgan fingerprint density at radius 2 is 2.00 bits per heavy atom. The maximum absolute atomic E-state index is 13.6. The predicted molar refractivity (Wildman–Crippen MR) is 66.7 cm³/mol. The molecule has 2 rings (SSSR count). The average Bonchev–Trinajstić information content (AvgIpc) is 2.32. The highest BCUT2D eigenvalue weighted by atomic mass is 35.5. The van der Waals surface area contributed by atoms with E-state index < -0.39 is 5.82 Å². The van der Waals surface area contributed by atoms with Gasteiger partial charge in [0.25, 0.3) is 0 Å². The average molecular weight is 264 g/mol. The number of hydrogen-bond donors (Lipinski definition) is 0. The highest BCUT2D eigenvalue weighted by molar-refractivity contribution is 7.99. The molecule has 0 radical (unpaired) electrons. The van der Waals surface area contributed by atoms with Crippen molar-refractivity contribution < 1.29 is 4.39 Å². The molecule has 0 saturated carbocycles. The Labute approximate surface area is 108 Å². The van der Waals surface area contributed by atoms with Crippen LogP contribution in [0.4, 0.5) is 4.39 Å². The summed E-state index contributed by atoms with van der Waals surface area (Å²) in [6, 6.07) is 13.5. The van der Waals surface area contributed by atoms with Gasteiger partial charge in [-0.3, -0.25) is 0 Å². The van der Waals surface area contributed by atoms with Crippen molar-refractivity contribution in [2.75, 3.05) is 0 Å². The van der Waals surface area contributed by atoms with Crippen LogP contribution in [-0.4, -0.2) is 0 Å². The van der Waals surface area contributed by atoms with Crippen molar-refractivity contribution in [1.29, 1.82) is 5.26 Å². The summed E-state index contributed by atoms with van der Waals surface area (Å²) in [6.45, 7) is 0. The van der Waals surface area contributed by atoms with Gasteiger partial charge in [-0.2, -0.15) is 5.26 Å². The van der Waals surface area contributed by atoms with E-state index in [9.17, 15) is 4.39 Å². The largest absolute Gasteiger partial charge is 0.206 e. The van der Waals surface area contributed by atoms with Gasteiger partial charge >= 0.3 is 0 Å². The van der Waals surface area contributed by atoms with E-state index in [-0.39, 0.29) is 0 Å². The van der Waals surface area contributed by atoms with E-state index in [0.29, 0.717) is 15.5 Å². The van der Waals surface area contributed by atoms with E-state index in [1.54, 1.807) is 24.3 Å². The van der Waals surface area contributed by atoms with Gasteiger partial charge in [-0.15, -0.1) is 0 Å². The van der Waals surface area contributed by atoms with Gasteiger partial charge in [0.1, 0.15) is 5.82 Å². The van der Waals surface area contributed by atoms with E-state index in [4.69, 9.17) is 16.9 Å². The lowest BCUT2D eigenvalue weighted by Gasteiger charge is -2.03. The van der Waals surface area contributed by atoms with Gasteiger partial charge in [-0.05, 0) is 36.4 Å². The minimum Gasteiger partial charge on any atom is -0.206 e. The van der Waals surface area contributed by atoms with Crippen molar-refractivity contribution in [1.82, 2.24) is 0 Å². The third-order valence-corrected chi connectivity index (χ3v) is 3.36. The quantitative estimate of drug-likeness (QED) is 0.796. The molecular weight excluding hydrogens is 257 g/mol. The summed E-state index contributed by atoms with van der Waals surface area (Å²) in [6.07, 6.45) is 0. The highest BCUT2D eigenvalue weighted by Gasteiger charge is 2.05. The van der Waals surface area contributed by atoms with Crippen LogP contribution in [0.2, 0.25) is 5.02 Å². The predicted octanol–water partition coefficient (Wildman–Crippen LogP) is 4.50. The van der Waals surface area contributed by atoms with Crippen LogP contribution in [0.1, 0.15) is 5.56 Å². The second-order valence-electron chi connectivity index (χ2n) is 3.32. The molecule has 0 aliphatic heterocycles. The van der Waals surface area contributed by atoms with Crippen LogP contribution in [0.3, 0.4) is 0 Å². The molecule has 0 fully saturated rings. The first kappa shape index (κ1) is 12.0. The monoisotopic (exact) mass is 263 g/mol. The summed E-state index contributed by atoms with van der Waals surface area (Å²) in [5.41, 5.74) is 0.318. The molecule has 84 valence electrons. The maximum atomic E-state index is 13.6. The fraction of sp³-hybridized carbons (Fsp3) is 0. The number of halogens is 2. The van der Waals surface area contributed by atoms with E-state index in [1.807, 2.05) is 18.2 Å². The number of hydrogen-bond acceptors (Lipinski definition) is 2. The number of nitriles is 1. The molecule has 0 aliphatic carbocycles. The van der Waals surface area contributed by atoms with Gasteiger partial charge in [0.2, 0.25) is 0 Å². The normalized spacial score (nSPS) is 9.94. The Balaban J connectivity index is 2.28. The first-order valence-corrected chi connectivity index (χ1v) is 6.01. The molecule has 2 aromatic rings. The van der Waals surface area contributed by atoms with Crippen molar-refractivity contribution in [2.24, 2.45) is 0 Å². The minimum absolute atomic E-state index is 0.318. The standard InChI is InChI=1S/C13H7ClFNS/c14-10-2-1-3-11(7-10)17-13-5-4-9(8-16)6-12(13)15/h1-7H. The van der Waals surface area contributed by atoms with Gasteiger partial charge in [-0.1, -0.05) is 29.4 Å². The second kappa shape index (κ2) is 5.22. The van der Waals surface area contributed by atoms with Crippen LogP contribution in [-0.2, 0) is 0 Å². The molecule has 0 bridgehead atoms. The van der Waals surface area contributed by atoms with E-state index in [1.165, 1.54) is 17.8 Å². The summed E-state index contributed by atoms with van der Waals surface area (Å²) < 4.78 is 13.6. The molecule has 0 saturated heterocycles. The van der Waals surface area contributed by atoms with Crippen LogP contribution < -0.4 is 0 Å². The van der Waals surface area contributed by atoms with Gasteiger partial charge in [0.15, 0.2) is 0 Å². The molecule has 0 N–H and O–H groups in total. The van der Waals surface area contributed by atoms with E-state index in [2.05, 4.69) is 0 Å². The molecule has 0 spiro atoms. The first-order valence-electron chi connectivity index (χ1n) is 4.82. The fourth-order valence-electron chi connectivity index (χ4n) is 1.31. The Hall–Kier alpha value is -1.50. The van der Waals surface area contributed by atoms with Crippen LogP contribution >= 0.6 is 23.4 Å². The van der Waals surface area contributed by atoms with Crippen molar-refractivity contribution in [3.05, 3.63) is 58.9 Å². The van der Waals surface area contributed by atoms with Crippen LogP contribution in [0.15, 0.2) is 52.3 Å². The number of rotatable bonds is 2. The minimum atomic E-state index is -0.394. The van der Waals surface area contributed by atoms with Gasteiger partial charge in [-0.25, -0.2) is 4.39 Å². The summed E-state index contributed by atoms with van der Waals surface area (Å²) in [5, 5.41) is 9.25. The third kappa shape index (κ3) is 3.00. The third-order valence-electron chi connectivity index (χ3n) is 2.08. The maximum Gasteiger partial charge on any atom is 0.138 e. The lowest BCUT2D eigenvalue weighted by atomic mass is 10.2. The fourth-order valence-corrected chi connectivity index (χ4v) is 2.44. The molecule has 0 unspecified atom stereocenters. The van der Waals surface area contributed by atoms with Gasteiger partial charge in [0.05, 0.1) is 11.6 Å². The molecular formula is C13H7ClFNS. The number of benzene rings is 2. The zero-order chi connectivity index (χ0) is 12.3. The van der Waals surface area contributed by atoms with Crippen molar-refractivity contribution in [2.45, 2.75) is 9.79 Å². The Kier molecular flexibility index (Phi) is 3.68. The topological polar surface area (TPSA) is 23.8 Å². The molecule has 0 atom stereocenters. The van der Waals surface area contributed by atoms with E-state index in [0.717, 1.165) is 4.90 Å². The lowest BCUT2D eigenvalue weighted by molar-refractivity contribution is 0.601. The molecule has 4 heteroatoms. The zero-order valence-corrected chi connectivity index (χ0v) is 10.2. The van der Waals surface area contributed by atoms with Crippen molar-refractivity contribution >= 4 is 23.4 Å². The van der Waals surface area contributed by atoms with Crippen LogP contribution in [0, 0.1) is 17.1 Å². The summed E-state index contributed by atoms with van der Waals surface area (Å²) >= 11 is 7.13.